The summed E-state index contributed by atoms with van der Waals surface area (Å²) in [6.45, 7) is 2.22. The predicted octanol–water partition coefficient (Wildman–Crippen LogP) is 3.51. The first-order chi connectivity index (χ1) is 16.6. The van der Waals surface area contributed by atoms with Gasteiger partial charge >= 0.3 is 24.1 Å². The quantitative estimate of drug-likeness (QED) is 0.148. The Balaban J connectivity index is 0.000000205. The van der Waals surface area contributed by atoms with Gasteiger partial charge in [-0.15, -0.1) is 0 Å². The maximum Gasteiger partial charge on any atom is 0.320 e. The topological polar surface area (TPSA) is 196 Å². The van der Waals surface area contributed by atoms with Crippen molar-refractivity contribution in [2.45, 2.75) is 6.92 Å². The molecular formula is C25H24N6O4. The van der Waals surface area contributed by atoms with Gasteiger partial charge in [0.05, 0.1) is 0 Å². The van der Waals surface area contributed by atoms with Gasteiger partial charge in [0.15, 0.2) is 0 Å². The molecule has 0 radical (unpaired) electrons. The van der Waals surface area contributed by atoms with E-state index in [0.29, 0.717) is 0 Å². The molecule has 0 saturated heterocycles. The highest BCUT2D eigenvalue weighted by molar-refractivity contribution is 6.33. The van der Waals surface area contributed by atoms with E-state index in [1.807, 2.05) is 0 Å². The van der Waals surface area contributed by atoms with Gasteiger partial charge in [-0.25, -0.2) is 19.2 Å². The zero-order valence-electron chi connectivity index (χ0n) is 18.8. The summed E-state index contributed by atoms with van der Waals surface area (Å²) in [7, 11) is 0. The maximum atomic E-state index is 9.62. The molecule has 0 spiro atoms. The molecule has 0 aromatic heterocycles. The van der Waals surface area contributed by atoms with Gasteiger partial charge in [0.2, 0.25) is 0 Å². The summed E-state index contributed by atoms with van der Waals surface area (Å²) in [6, 6.07) is 20.7. The highest BCUT2D eigenvalue weighted by Crippen LogP contribution is 2.41. The molecule has 5 aromatic carbocycles. The standard InChI is InChI=1S/C21H14.2C2H5N3O2/c1-13-11-12-15-7-3-9-17-16-8-2-5-14-6-4-10-18(20(14)16)19(13)21(15)17;2*3-1(6)5-2(4)7/h2-12H,1H3;2*(H5,3,4,5,6,7). The number of primary amides is 4. The number of amides is 8. The first kappa shape index (κ1) is 24.5. The molecule has 0 unspecified atom stereocenters. The van der Waals surface area contributed by atoms with Crippen molar-refractivity contribution < 1.29 is 19.2 Å². The maximum absolute atomic E-state index is 9.62. The number of nitrogens with one attached hydrogen (secondary N) is 2. The number of urea groups is 4. The Morgan fingerprint density at radius 2 is 0.914 bits per heavy atom. The average molecular weight is 473 g/mol. The van der Waals surface area contributed by atoms with E-state index in [1.165, 1.54) is 48.7 Å². The van der Waals surface area contributed by atoms with Crippen LogP contribution in [0.25, 0.3) is 43.1 Å². The first-order valence-electron chi connectivity index (χ1n) is 10.4. The molecule has 0 heterocycles. The zero-order chi connectivity index (χ0) is 25.7. The Labute approximate surface area is 199 Å². The van der Waals surface area contributed by atoms with E-state index in [2.05, 4.69) is 96.6 Å². The van der Waals surface area contributed by atoms with E-state index in [0.717, 1.165) is 0 Å². The van der Waals surface area contributed by atoms with Gasteiger partial charge in [0, 0.05) is 0 Å². The van der Waals surface area contributed by atoms with Gasteiger partial charge in [-0.1, -0.05) is 66.7 Å². The average Bonchev–Trinajstić information content (AvgIpc) is 2.77. The molecule has 178 valence electrons. The number of hydrogen-bond donors (Lipinski definition) is 6. The Bertz CT molecular complexity index is 1530. The van der Waals surface area contributed by atoms with Crippen LogP contribution in [0.2, 0.25) is 0 Å². The lowest BCUT2D eigenvalue weighted by molar-refractivity contribution is 0.235. The summed E-state index contributed by atoms with van der Waals surface area (Å²) >= 11 is 0. The second kappa shape index (κ2) is 10.2. The highest BCUT2D eigenvalue weighted by atomic mass is 16.2. The fourth-order valence-corrected chi connectivity index (χ4v) is 4.07. The first-order valence-corrected chi connectivity index (χ1v) is 10.4. The number of nitrogens with two attached hydrogens (primary N) is 4. The Morgan fingerprint density at radius 3 is 1.34 bits per heavy atom. The Morgan fingerprint density at radius 1 is 0.514 bits per heavy atom. The van der Waals surface area contributed by atoms with Gasteiger partial charge in [-0.3, -0.25) is 10.6 Å². The summed E-state index contributed by atoms with van der Waals surface area (Å²) in [5, 5.41) is 14.2. The summed E-state index contributed by atoms with van der Waals surface area (Å²) < 4.78 is 0. The van der Waals surface area contributed by atoms with E-state index in [9.17, 15) is 19.2 Å². The molecular weight excluding hydrogens is 448 g/mol. The molecule has 8 amide bonds. The third-order valence-corrected chi connectivity index (χ3v) is 5.21. The largest absolute Gasteiger partial charge is 0.351 e. The van der Waals surface area contributed by atoms with Crippen LogP contribution in [-0.4, -0.2) is 24.1 Å². The van der Waals surface area contributed by atoms with Crippen LogP contribution in [-0.2, 0) is 0 Å². The summed E-state index contributed by atoms with van der Waals surface area (Å²) in [5.74, 6) is 0. The van der Waals surface area contributed by atoms with Gasteiger partial charge in [-0.2, -0.15) is 0 Å². The van der Waals surface area contributed by atoms with Crippen molar-refractivity contribution in [2.75, 3.05) is 0 Å². The number of carbonyl (C=O) groups excluding carboxylic acids is 4. The van der Waals surface area contributed by atoms with Crippen LogP contribution in [0.3, 0.4) is 0 Å². The molecule has 5 rings (SSSR count). The fourth-order valence-electron chi connectivity index (χ4n) is 4.07. The van der Waals surface area contributed by atoms with Crippen molar-refractivity contribution in [3.05, 3.63) is 72.3 Å². The van der Waals surface area contributed by atoms with Crippen molar-refractivity contribution in [3.63, 3.8) is 0 Å². The molecule has 0 aliphatic rings. The van der Waals surface area contributed by atoms with Gasteiger partial charge in [-0.05, 0) is 55.6 Å². The second-order valence-corrected chi connectivity index (χ2v) is 7.58. The molecule has 0 saturated carbocycles. The van der Waals surface area contributed by atoms with Crippen molar-refractivity contribution in [1.29, 1.82) is 0 Å². The molecule has 0 atom stereocenters. The van der Waals surface area contributed by atoms with Crippen molar-refractivity contribution >= 4 is 67.2 Å². The number of imide groups is 2. The zero-order valence-corrected chi connectivity index (χ0v) is 18.8. The lowest BCUT2D eigenvalue weighted by Gasteiger charge is -2.15. The highest BCUT2D eigenvalue weighted by Gasteiger charge is 2.13. The summed E-state index contributed by atoms with van der Waals surface area (Å²) in [5.41, 5.74) is 19.1. The minimum Gasteiger partial charge on any atom is -0.351 e. The SMILES string of the molecule is Cc1ccc2cccc3c4cccc5cccc(c1c23)c54.NC(=O)NC(N)=O.NC(=O)NC(N)=O. The van der Waals surface area contributed by atoms with Gasteiger partial charge in [0.25, 0.3) is 0 Å². The normalized spacial score (nSPS) is 10.2. The van der Waals surface area contributed by atoms with E-state index in [4.69, 9.17) is 0 Å². The van der Waals surface area contributed by atoms with E-state index in [-0.39, 0.29) is 0 Å². The van der Waals surface area contributed by atoms with Crippen LogP contribution < -0.4 is 33.6 Å². The monoisotopic (exact) mass is 472 g/mol. The van der Waals surface area contributed by atoms with E-state index in [1.54, 1.807) is 10.6 Å². The number of aryl methyl sites for hydroxylation is 1. The lowest BCUT2D eigenvalue weighted by atomic mass is 9.88. The molecule has 0 fully saturated rings. The van der Waals surface area contributed by atoms with Crippen LogP contribution in [0.1, 0.15) is 5.56 Å². The Kier molecular flexibility index (Phi) is 7.16. The third-order valence-electron chi connectivity index (χ3n) is 5.21. The van der Waals surface area contributed by atoms with Crippen LogP contribution in [0.4, 0.5) is 19.2 Å². The molecule has 5 aromatic rings. The van der Waals surface area contributed by atoms with Gasteiger partial charge < -0.3 is 22.9 Å². The van der Waals surface area contributed by atoms with Crippen molar-refractivity contribution in [3.8, 4) is 0 Å². The predicted molar refractivity (Wildman–Crippen MR) is 137 cm³/mol. The molecule has 35 heavy (non-hydrogen) atoms. The minimum absolute atomic E-state index is 0.937. The van der Waals surface area contributed by atoms with E-state index >= 15 is 0 Å². The summed E-state index contributed by atoms with van der Waals surface area (Å²) in [4.78, 5) is 38.5. The van der Waals surface area contributed by atoms with Crippen LogP contribution >= 0.6 is 0 Å². The fraction of sp³-hybridized carbons (Fsp3) is 0.0400. The minimum atomic E-state index is -0.938. The molecule has 0 aliphatic heterocycles. The summed E-state index contributed by atoms with van der Waals surface area (Å²) in [6.07, 6.45) is 0. The molecule has 10 nitrogen and oxygen atoms in total. The third kappa shape index (κ3) is 5.45. The number of hydrogen-bond acceptors (Lipinski definition) is 4. The second-order valence-electron chi connectivity index (χ2n) is 7.58. The smallest absolute Gasteiger partial charge is 0.320 e. The Hall–Kier alpha value is -5.12. The molecule has 0 aliphatic carbocycles. The van der Waals surface area contributed by atoms with Crippen LogP contribution in [0.15, 0.2) is 66.7 Å². The number of rotatable bonds is 0. The molecule has 10 N–H and O–H groups in total. The van der Waals surface area contributed by atoms with Crippen LogP contribution in [0, 0.1) is 6.92 Å². The number of carbonyl (C=O) groups is 4. The van der Waals surface area contributed by atoms with Gasteiger partial charge in [0.1, 0.15) is 0 Å². The van der Waals surface area contributed by atoms with Crippen molar-refractivity contribution in [1.82, 2.24) is 10.6 Å². The van der Waals surface area contributed by atoms with Crippen molar-refractivity contribution in [2.24, 2.45) is 22.9 Å². The number of benzene rings is 5. The van der Waals surface area contributed by atoms with E-state index < -0.39 is 24.1 Å². The lowest BCUT2D eigenvalue weighted by Crippen LogP contribution is -2.38. The number of fused-ring (bicyclic) bond motifs is 2. The molecule has 10 heteroatoms. The van der Waals surface area contributed by atoms with Crippen LogP contribution in [0.5, 0.6) is 0 Å². The molecule has 0 bridgehead atoms.